The van der Waals surface area contributed by atoms with Gasteiger partial charge in [0, 0.05) is 11.4 Å². The molecule has 0 saturated carbocycles. The largest absolute Gasteiger partial charge is 0.499 e. The van der Waals surface area contributed by atoms with Crippen molar-refractivity contribution in [3.63, 3.8) is 0 Å². The van der Waals surface area contributed by atoms with Crippen molar-refractivity contribution in [3.05, 3.63) is 48.5 Å². The Bertz CT molecular complexity index is 574. The third kappa shape index (κ3) is 9.20. The van der Waals surface area contributed by atoms with E-state index in [-0.39, 0.29) is 0 Å². The van der Waals surface area contributed by atoms with E-state index >= 15 is 0 Å². The summed E-state index contributed by atoms with van der Waals surface area (Å²) in [6.45, 7) is 5.24. The van der Waals surface area contributed by atoms with Crippen molar-refractivity contribution in [2.24, 2.45) is 0 Å². The lowest BCUT2D eigenvalue weighted by Gasteiger charge is -2.12. The highest BCUT2D eigenvalue weighted by atomic mass is 35.7. The average molecular weight is 415 g/mol. The quantitative estimate of drug-likeness (QED) is 0.512. The number of halogens is 2. The molecular weight excluding hydrogens is 394 g/mol. The topological polar surface area (TPSA) is 42.5 Å². The minimum Gasteiger partial charge on any atom is -0.494 e. The standard InChI is InChI=1S/C17H20N2O2S.Al.2ClH.H/c1-3-20-15-9-5-13(6-10-15)18-17(22)19-14-7-11-16(12-8-14)21-4-2;;;;/h5-12H,3-4H2,1-2H3,(H2,18,19,22);;2*1H;/q;+2;;;/p-2. The normalized spacial score (nSPS) is 9.28. The Morgan fingerprint density at radius 2 is 1.16 bits per heavy atom. The van der Waals surface area contributed by atoms with Crippen LogP contribution in [-0.2, 0) is 0 Å². The lowest BCUT2D eigenvalue weighted by molar-refractivity contribution is 0.340. The Hall–Kier alpha value is -1.16. The molecule has 25 heavy (non-hydrogen) atoms. The molecule has 0 aromatic heterocycles. The maximum atomic E-state index is 5.40. The van der Waals surface area contributed by atoms with E-state index in [1.54, 1.807) is 0 Å². The fraction of sp³-hybridized carbons (Fsp3) is 0.235. The fourth-order valence-electron chi connectivity index (χ4n) is 1.90. The second-order valence-corrected chi connectivity index (χ2v) is 7.63. The molecule has 0 aliphatic rings. The van der Waals surface area contributed by atoms with Crippen molar-refractivity contribution in [1.82, 2.24) is 0 Å². The molecule has 2 rings (SSSR count). The summed E-state index contributed by atoms with van der Waals surface area (Å²) in [5, 5.41) is 6.80. The molecule has 0 saturated heterocycles. The van der Waals surface area contributed by atoms with Crippen molar-refractivity contribution in [1.29, 1.82) is 0 Å². The van der Waals surface area contributed by atoms with Crippen LogP contribution in [0.15, 0.2) is 48.5 Å². The summed E-state index contributed by atoms with van der Waals surface area (Å²) in [7, 11) is 9.81. The van der Waals surface area contributed by atoms with E-state index in [4.69, 9.17) is 41.8 Å². The molecule has 0 heterocycles. The number of hydrogen-bond acceptors (Lipinski definition) is 3. The van der Waals surface area contributed by atoms with E-state index < -0.39 is 13.4 Å². The second kappa shape index (κ2) is 13.1. The van der Waals surface area contributed by atoms with Crippen LogP contribution in [-0.4, -0.2) is 31.7 Å². The van der Waals surface area contributed by atoms with Gasteiger partial charge in [0.25, 0.3) is 0 Å². The Morgan fingerprint density at radius 3 is 1.44 bits per heavy atom. The minimum absolute atomic E-state index is 0.535. The van der Waals surface area contributed by atoms with Crippen molar-refractivity contribution in [2.45, 2.75) is 13.8 Å². The molecule has 134 valence electrons. The van der Waals surface area contributed by atoms with Gasteiger partial charge in [-0.05, 0) is 74.6 Å². The molecule has 2 aromatic carbocycles. The maximum Gasteiger partial charge on any atom is 0.499 e. The van der Waals surface area contributed by atoms with E-state index in [1.165, 1.54) is 0 Å². The van der Waals surface area contributed by atoms with Crippen LogP contribution in [0.25, 0.3) is 0 Å². The minimum atomic E-state index is -0.639. The van der Waals surface area contributed by atoms with Gasteiger partial charge in [0.05, 0.1) is 13.2 Å². The van der Waals surface area contributed by atoms with Crippen LogP contribution in [0.2, 0.25) is 0 Å². The molecule has 0 atom stereocenters. The molecule has 2 aromatic rings. The molecule has 8 heteroatoms. The molecule has 0 aliphatic carbocycles. The van der Waals surface area contributed by atoms with Crippen molar-refractivity contribution >= 4 is 62.2 Å². The highest BCUT2D eigenvalue weighted by Gasteiger charge is 2.00. The molecule has 2 N–H and O–H groups in total. The molecule has 0 aliphatic heterocycles. The monoisotopic (exact) mass is 414 g/mol. The number of rotatable bonds is 6. The Kier molecular flexibility index (Phi) is 11.5. The van der Waals surface area contributed by atoms with E-state index in [2.05, 4.69) is 10.6 Å². The van der Waals surface area contributed by atoms with Crippen molar-refractivity contribution in [2.75, 3.05) is 23.8 Å². The predicted octanol–water partition coefficient (Wildman–Crippen LogP) is 5.02. The Morgan fingerprint density at radius 1 is 0.840 bits per heavy atom. The first kappa shape index (κ1) is 21.9. The van der Waals surface area contributed by atoms with E-state index in [0.29, 0.717) is 18.3 Å². The molecule has 0 amide bonds. The third-order valence-corrected chi connectivity index (χ3v) is 3.05. The van der Waals surface area contributed by atoms with Gasteiger partial charge in [-0.3, -0.25) is 0 Å². The van der Waals surface area contributed by atoms with Crippen LogP contribution >= 0.6 is 32.3 Å². The van der Waals surface area contributed by atoms with E-state index in [0.717, 1.165) is 22.9 Å². The van der Waals surface area contributed by atoms with E-state index in [1.807, 2.05) is 62.4 Å². The summed E-state index contributed by atoms with van der Waals surface area (Å²) in [5.74, 6) is 1.69. The summed E-state index contributed by atoms with van der Waals surface area (Å²) >= 11 is 4.66. The number of hydrogen-bond donors (Lipinski definition) is 2. The lowest BCUT2D eigenvalue weighted by atomic mass is 10.3. The molecule has 0 radical (unpaired) electrons. The number of benzene rings is 2. The highest BCUT2D eigenvalue weighted by Crippen LogP contribution is 2.18. The first-order chi connectivity index (χ1) is 12.1. The second-order valence-electron chi connectivity index (χ2n) is 4.59. The summed E-state index contributed by atoms with van der Waals surface area (Å²) in [5.41, 5.74) is 1.82. The number of anilines is 2. The van der Waals surface area contributed by atoms with Crippen molar-refractivity contribution < 1.29 is 9.47 Å². The Labute approximate surface area is 168 Å². The summed E-state index contributed by atoms with van der Waals surface area (Å²) in [4.78, 5) is 0. The number of thiocarbonyl (C=S) groups is 1. The predicted molar refractivity (Wildman–Crippen MR) is 114 cm³/mol. The summed E-state index contributed by atoms with van der Waals surface area (Å²) in [6, 6.07) is 15.3. The summed E-state index contributed by atoms with van der Waals surface area (Å²) in [6.07, 6.45) is 0. The third-order valence-electron chi connectivity index (χ3n) is 2.85. The smallest absolute Gasteiger partial charge is 0.494 e. The fourth-order valence-corrected chi connectivity index (χ4v) is 2.13. The van der Waals surface area contributed by atoms with Gasteiger partial charge in [-0.25, -0.2) is 20.1 Å². The van der Waals surface area contributed by atoms with Crippen LogP contribution in [0.4, 0.5) is 11.4 Å². The molecule has 0 unspecified atom stereocenters. The van der Waals surface area contributed by atoms with Gasteiger partial charge in [0.15, 0.2) is 5.11 Å². The highest BCUT2D eigenvalue weighted by molar-refractivity contribution is 7.80. The van der Waals surface area contributed by atoms with Gasteiger partial charge in [0.1, 0.15) is 11.5 Å². The zero-order valence-corrected chi connectivity index (χ0v) is 18.0. The zero-order valence-electron chi connectivity index (χ0n) is 14.2. The molecule has 4 nitrogen and oxygen atoms in total. The average Bonchev–Trinajstić information content (AvgIpc) is 2.60. The molecular formula is C17H21AlCl2N2O2S. The summed E-state index contributed by atoms with van der Waals surface area (Å²) < 4.78 is 10.8. The first-order valence-corrected chi connectivity index (χ1v) is 12.5. The SMILES string of the molecule is CCOc1ccc(NC(=S)Nc2ccc(OCC)cc2)cc1.[Cl][AlH][Cl]. The Balaban J connectivity index is 0.000000970. The first-order valence-electron chi connectivity index (χ1n) is 7.78. The van der Waals surface area contributed by atoms with Gasteiger partial charge in [-0.2, -0.15) is 0 Å². The zero-order chi connectivity index (χ0) is 18.5. The van der Waals surface area contributed by atoms with Crippen LogP contribution in [0.1, 0.15) is 13.8 Å². The van der Waals surface area contributed by atoms with Crippen molar-refractivity contribution in [3.8, 4) is 11.5 Å². The van der Waals surface area contributed by atoms with Crippen LogP contribution in [0.5, 0.6) is 11.5 Å². The maximum absolute atomic E-state index is 5.40. The van der Waals surface area contributed by atoms with Gasteiger partial charge in [-0.15, -0.1) is 0 Å². The molecule has 0 fully saturated rings. The molecule has 0 bridgehead atoms. The van der Waals surface area contributed by atoms with Gasteiger partial charge >= 0.3 is 13.4 Å². The van der Waals surface area contributed by atoms with Gasteiger partial charge in [-0.1, -0.05) is 0 Å². The van der Waals surface area contributed by atoms with Gasteiger partial charge < -0.3 is 20.1 Å². The lowest BCUT2D eigenvalue weighted by Crippen LogP contribution is -2.18. The van der Waals surface area contributed by atoms with Crippen LogP contribution < -0.4 is 20.1 Å². The van der Waals surface area contributed by atoms with E-state index in [9.17, 15) is 0 Å². The van der Waals surface area contributed by atoms with Gasteiger partial charge in [0.2, 0.25) is 0 Å². The van der Waals surface area contributed by atoms with Crippen LogP contribution in [0.3, 0.4) is 0 Å². The number of ether oxygens (including phenoxy) is 2. The van der Waals surface area contributed by atoms with Crippen LogP contribution in [0, 0.1) is 0 Å². The molecule has 0 spiro atoms. The number of nitrogens with one attached hydrogen (secondary N) is 2.